The molecule has 0 spiro atoms. The van der Waals surface area contributed by atoms with Crippen molar-refractivity contribution in [3.8, 4) is 0 Å². The zero-order valence-corrected chi connectivity index (χ0v) is 10.8. The maximum absolute atomic E-state index is 13.5. The second kappa shape index (κ2) is 4.93. The fraction of sp³-hybridized carbons (Fsp3) is 0.0714. The lowest BCUT2D eigenvalue weighted by Gasteiger charge is -1.99. The van der Waals surface area contributed by atoms with Crippen LogP contribution in [-0.4, -0.2) is 4.98 Å². The third kappa shape index (κ3) is 2.56. The molecule has 2 N–H and O–H groups in total. The monoisotopic (exact) mass is 274 g/mol. The summed E-state index contributed by atoms with van der Waals surface area (Å²) >= 11 is 1.36. The third-order valence-corrected chi connectivity index (χ3v) is 3.58. The van der Waals surface area contributed by atoms with E-state index in [1.54, 1.807) is 30.3 Å². The van der Waals surface area contributed by atoms with Crippen molar-refractivity contribution < 1.29 is 8.81 Å². The van der Waals surface area contributed by atoms with E-state index in [1.165, 1.54) is 17.8 Å². The highest BCUT2D eigenvalue weighted by Crippen LogP contribution is 2.27. The van der Waals surface area contributed by atoms with Crippen molar-refractivity contribution in [2.45, 2.75) is 11.0 Å². The summed E-state index contributed by atoms with van der Waals surface area (Å²) in [5, 5.41) is 0.517. The van der Waals surface area contributed by atoms with Gasteiger partial charge in [-0.15, -0.1) is 0 Å². The fourth-order valence-electron chi connectivity index (χ4n) is 1.74. The van der Waals surface area contributed by atoms with Crippen LogP contribution >= 0.6 is 11.8 Å². The van der Waals surface area contributed by atoms with Crippen molar-refractivity contribution in [1.82, 2.24) is 4.98 Å². The minimum atomic E-state index is -0.213. The molecule has 0 atom stereocenters. The lowest BCUT2D eigenvalue weighted by atomic mass is 10.2. The van der Waals surface area contributed by atoms with Gasteiger partial charge in [-0.25, -0.2) is 9.37 Å². The Labute approximate surface area is 113 Å². The number of benzene rings is 2. The number of anilines is 1. The Balaban J connectivity index is 1.80. The van der Waals surface area contributed by atoms with Gasteiger partial charge < -0.3 is 10.2 Å². The lowest BCUT2D eigenvalue weighted by molar-refractivity contribution is 0.489. The summed E-state index contributed by atoms with van der Waals surface area (Å²) < 4.78 is 19.0. The second-order valence-corrected chi connectivity index (χ2v) is 5.01. The highest BCUT2D eigenvalue weighted by Gasteiger charge is 2.08. The van der Waals surface area contributed by atoms with Gasteiger partial charge in [0.2, 0.25) is 0 Å². The molecular formula is C14H11FN2OS. The molecule has 96 valence electrons. The van der Waals surface area contributed by atoms with Gasteiger partial charge in [0, 0.05) is 11.4 Å². The molecule has 0 radical (unpaired) electrons. The first kappa shape index (κ1) is 12.0. The van der Waals surface area contributed by atoms with E-state index in [4.69, 9.17) is 10.2 Å². The first-order chi connectivity index (χ1) is 9.22. The Morgan fingerprint density at radius 1 is 1.21 bits per heavy atom. The number of thioether (sulfide) groups is 1. The van der Waals surface area contributed by atoms with Gasteiger partial charge in [-0.1, -0.05) is 30.0 Å². The van der Waals surface area contributed by atoms with Crippen molar-refractivity contribution in [3.05, 3.63) is 53.8 Å². The van der Waals surface area contributed by atoms with E-state index in [-0.39, 0.29) is 5.82 Å². The molecule has 0 aliphatic rings. The van der Waals surface area contributed by atoms with Crippen molar-refractivity contribution in [1.29, 1.82) is 0 Å². The molecule has 0 saturated heterocycles. The molecule has 0 bridgehead atoms. The number of aromatic nitrogens is 1. The van der Waals surface area contributed by atoms with Crippen LogP contribution in [0.3, 0.4) is 0 Å². The molecule has 3 aromatic rings. The van der Waals surface area contributed by atoms with E-state index in [0.29, 0.717) is 27.8 Å². The smallest absolute Gasteiger partial charge is 0.257 e. The summed E-state index contributed by atoms with van der Waals surface area (Å²) in [6.07, 6.45) is 0. The molecule has 2 aromatic carbocycles. The molecule has 5 heteroatoms. The first-order valence-electron chi connectivity index (χ1n) is 5.74. The Morgan fingerprint density at radius 2 is 2.05 bits per heavy atom. The lowest BCUT2D eigenvalue weighted by Crippen LogP contribution is -1.86. The normalized spacial score (nSPS) is 11.0. The molecule has 1 aromatic heterocycles. The summed E-state index contributed by atoms with van der Waals surface area (Å²) in [6.45, 7) is 0. The summed E-state index contributed by atoms with van der Waals surface area (Å²) in [7, 11) is 0. The maximum atomic E-state index is 13.5. The molecule has 0 fully saturated rings. The Kier molecular flexibility index (Phi) is 3.13. The minimum Gasteiger partial charge on any atom is -0.431 e. The van der Waals surface area contributed by atoms with Crippen LogP contribution in [0.5, 0.6) is 0 Å². The highest BCUT2D eigenvalue weighted by atomic mass is 32.2. The van der Waals surface area contributed by atoms with Crippen molar-refractivity contribution in [2.75, 3.05) is 5.73 Å². The van der Waals surface area contributed by atoms with Crippen LogP contribution in [0, 0.1) is 5.82 Å². The molecule has 0 amide bonds. The summed E-state index contributed by atoms with van der Waals surface area (Å²) in [6, 6.07) is 12.0. The van der Waals surface area contributed by atoms with Gasteiger partial charge in [0.05, 0.1) is 0 Å². The standard InChI is InChI=1S/C14H11FN2OS/c15-11-4-2-1-3-9(11)8-19-14-17-12-7-10(16)5-6-13(12)18-14/h1-7H,8,16H2. The molecule has 3 rings (SSSR count). The fourth-order valence-corrected chi connectivity index (χ4v) is 2.56. The van der Waals surface area contributed by atoms with Crippen LogP contribution in [0.2, 0.25) is 0 Å². The van der Waals surface area contributed by atoms with Crippen LogP contribution < -0.4 is 5.73 Å². The molecule has 0 saturated carbocycles. The maximum Gasteiger partial charge on any atom is 0.257 e. The van der Waals surface area contributed by atoms with Gasteiger partial charge in [-0.05, 0) is 29.8 Å². The topological polar surface area (TPSA) is 52.0 Å². The van der Waals surface area contributed by atoms with Crippen molar-refractivity contribution in [2.24, 2.45) is 0 Å². The largest absolute Gasteiger partial charge is 0.431 e. The van der Waals surface area contributed by atoms with Crippen LogP contribution in [0.1, 0.15) is 5.56 Å². The zero-order chi connectivity index (χ0) is 13.2. The van der Waals surface area contributed by atoms with Crippen LogP contribution in [-0.2, 0) is 5.75 Å². The quantitative estimate of drug-likeness (QED) is 0.582. The number of oxazole rings is 1. The third-order valence-electron chi connectivity index (χ3n) is 2.70. The van der Waals surface area contributed by atoms with E-state index in [1.807, 2.05) is 6.07 Å². The van der Waals surface area contributed by atoms with Gasteiger partial charge in [-0.2, -0.15) is 0 Å². The van der Waals surface area contributed by atoms with Gasteiger partial charge in [0.15, 0.2) is 5.58 Å². The van der Waals surface area contributed by atoms with Crippen LogP contribution in [0.15, 0.2) is 52.1 Å². The number of halogens is 1. The molecule has 0 aliphatic heterocycles. The first-order valence-corrected chi connectivity index (χ1v) is 6.73. The van der Waals surface area contributed by atoms with Crippen molar-refractivity contribution >= 4 is 28.5 Å². The van der Waals surface area contributed by atoms with Gasteiger partial charge >= 0.3 is 0 Å². The van der Waals surface area contributed by atoms with E-state index in [0.717, 1.165) is 5.52 Å². The number of hydrogen-bond donors (Lipinski definition) is 1. The number of hydrogen-bond acceptors (Lipinski definition) is 4. The average molecular weight is 274 g/mol. The van der Waals surface area contributed by atoms with E-state index in [9.17, 15) is 4.39 Å². The Hall–Kier alpha value is -2.01. The van der Waals surface area contributed by atoms with E-state index >= 15 is 0 Å². The average Bonchev–Trinajstić information content (AvgIpc) is 2.79. The molecular weight excluding hydrogens is 263 g/mol. The molecule has 19 heavy (non-hydrogen) atoms. The molecule has 0 unspecified atom stereocenters. The number of fused-ring (bicyclic) bond motifs is 1. The SMILES string of the molecule is Nc1ccc2oc(SCc3ccccc3F)nc2c1. The predicted molar refractivity (Wildman–Crippen MR) is 74.4 cm³/mol. The number of rotatable bonds is 3. The van der Waals surface area contributed by atoms with E-state index in [2.05, 4.69) is 4.98 Å². The summed E-state index contributed by atoms with van der Waals surface area (Å²) in [5.41, 5.74) is 8.36. The summed E-state index contributed by atoms with van der Waals surface area (Å²) in [5.74, 6) is 0.268. The summed E-state index contributed by atoms with van der Waals surface area (Å²) in [4.78, 5) is 4.31. The van der Waals surface area contributed by atoms with Crippen LogP contribution in [0.4, 0.5) is 10.1 Å². The molecule has 0 aliphatic carbocycles. The molecule has 3 nitrogen and oxygen atoms in total. The van der Waals surface area contributed by atoms with Gasteiger partial charge in [0.25, 0.3) is 5.22 Å². The van der Waals surface area contributed by atoms with Gasteiger partial charge in [0.1, 0.15) is 11.3 Å². The van der Waals surface area contributed by atoms with Gasteiger partial charge in [-0.3, -0.25) is 0 Å². The number of nitrogen functional groups attached to an aromatic ring is 1. The number of nitrogens with zero attached hydrogens (tertiary/aromatic N) is 1. The molecule has 1 heterocycles. The second-order valence-electron chi connectivity index (χ2n) is 4.09. The zero-order valence-electron chi connectivity index (χ0n) is 9.97. The Bertz CT molecular complexity index is 726. The van der Waals surface area contributed by atoms with E-state index < -0.39 is 0 Å². The Morgan fingerprint density at radius 3 is 2.89 bits per heavy atom. The minimum absolute atomic E-state index is 0.213. The predicted octanol–water partition coefficient (Wildman–Crippen LogP) is 3.84. The number of nitrogens with two attached hydrogens (primary N) is 1. The van der Waals surface area contributed by atoms with Crippen molar-refractivity contribution in [3.63, 3.8) is 0 Å². The van der Waals surface area contributed by atoms with Crippen LogP contribution in [0.25, 0.3) is 11.1 Å². The highest BCUT2D eigenvalue weighted by molar-refractivity contribution is 7.98.